The van der Waals surface area contributed by atoms with Crippen LogP contribution in [-0.4, -0.2) is 60.3 Å². The number of aliphatic hydroxyl groups is 1. The molecule has 6 aromatic rings. The van der Waals surface area contributed by atoms with Gasteiger partial charge < -0.3 is 9.84 Å². The topological polar surface area (TPSA) is 35.9 Å². The van der Waals surface area contributed by atoms with Gasteiger partial charge in [0.15, 0.2) is 12.3 Å². The van der Waals surface area contributed by atoms with Gasteiger partial charge in [-0.15, -0.1) is 0 Å². The monoisotopic (exact) mass is 654 g/mol. The summed E-state index contributed by atoms with van der Waals surface area (Å²) in [4.78, 5) is 4.65. The molecular weight excluding hydrogens is 614 g/mol. The summed E-state index contributed by atoms with van der Waals surface area (Å²) in [5, 5.41) is 18.2. The van der Waals surface area contributed by atoms with Gasteiger partial charge in [0.2, 0.25) is 0 Å². The van der Waals surface area contributed by atoms with E-state index in [4.69, 9.17) is 4.74 Å². The Morgan fingerprint density at radius 1 is 0.612 bits per heavy atom. The van der Waals surface area contributed by atoms with E-state index in [0.717, 1.165) is 77.6 Å². The van der Waals surface area contributed by atoms with Gasteiger partial charge in [0.05, 0.1) is 6.04 Å². The molecule has 4 atom stereocenters. The summed E-state index contributed by atoms with van der Waals surface area (Å²) in [7, 11) is 0. The second-order valence-corrected chi connectivity index (χ2v) is 14.0. The lowest BCUT2D eigenvalue weighted by Gasteiger charge is -2.40. The van der Waals surface area contributed by atoms with Crippen molar-refractivity contribution in [3.8, 4) is 5.75 Å². The lowest BCUT2D eigenvalue weighted by atomic mass is 9.89. The SMILES string of the molecule is O[C@@H](COc1cccc2c3ccccc3c3ccccc3c12)CN1CCN(C2c3ccccc3C(F)C(F)c3c(C4CC4)cccc32)CC1. The van der Waals surface area contributed by atoms with Gasteiger partial charge in [-0.25, -0.2) is 8.78 Å². The smallest absolute Gasteiger partial charge is 0.161 e. The summed E-state index contributed by atoms with van der Waals surface area (Å²) in [6.45, 7) is 3.63. The van der Waals surface area contributed by atoms with Crippen molar-refractivity contribution in [3.63, 3.8) is 0 Å². The average Bonchev–Trinajstić information content (AvgIpc) is 4.01. The second-order valence-electron chi connectivity index (χ2n) is 14.0. The van der Waals surface area contributed by atoms with Crippen molar-refractivity contribution in [1.82, 2.24) is 9.80 Å². The number of benzene rings is 6. The lowest BCUT2D eigenvalue weighted by molar-refractivity contribution is 0.0403. The van der Waals surface area contributed by atoms with Crippen molar-refractivity contribution in [2.45, 2.75) is 43.2 Å². The molecule has 0 radical (unpaired) electrons. The van der Waals surface area contributed by atoms with Gasteiger partial charge in [-0.1, -0.05) is 103 Å². The van der Waals surface area contributed by atoms with E-state index in [9.17, 15) is 5.11 Å². The number of nitrogens with zero attached hydrogens (tertiary/aromatic N) is 2. The number of aliphatic hydroxyl groups excluding tert-OH is 1. The largest absolute Gasteiger partial charge is 0.490 e. The second kappa shape index (κ2) is 12.5. The normalized spacial score (nSPS) is 22.1. The molecule has 6 aromatic carbocycles. The third-order valence-corrected chi connectivity index (χ3v) is 11.0. The molecule has 3 aliphatic rings. The van der Waals surface area contributed by atoms with Crippen LogP contribution in [0.3, 0.4) is 0 Å². The average molecular weight is 655 g/mol. The Kier molecular flexibility index (Phi) is 7.83. The third-order valence-electron chi connectivity index (χ3n) is 11.0. The van der Waals surface area contributed by atoms with Crippen LogP contribution in [0, 0.1) is 0 Å². The van der Waals surface area contributed by atoms with E-state index in [0.29, 0.717) is 23.6 Å². The molecule has 3 unspecified atom stereocenters. The Hall–Kier alpha value is -4.36. The lowest BCUT2D eigenvalue weighted by Crippen LogP contribution is -2.50. The van der Waals surface area contributed by atoms with Crippen LogP contribution < -0.4 is 4.74 Å². The van der Waals surface area contributed by atoms with E-state index in [1.54, 1.807) is 6.07 Å². The summed E-state index contributed by atoms with van der Waals surface area (Å²) in [5.74, 6) is 1.10. The fourth-order valence-corrected chi connectivity index (χ4v) is 8.57. The van der Waals surface area contributed by atoms with Crippen LogP contribution in [0.4, 0.5) is 8.78 Å². The van der Waals surface area contributed by atoms with Gasteiger partial charge in [0.1, 0.15) is 18.5 Å². The minimum Gasteiger partial charge on any atom is -0.490 e. The van der Waals surface area contributed by atoms with Crippen LogP contribution in [0.5, 0.6) is 5.75 Å². The molecule has 1 heterocycles. The first-order valence-electron chi connectivity index (χ1n) is 17.7. The maximum Gasteiger partial charge on any atom is 0.161 e. The molecular formula is C43H40F2N2O2. The van der Waals surface area contributed by atoms with Gasteiger partial charge in [-0.05, 0) is 79.6 Å². The summed E-state index contributed by atoms with van der Waals surface area (Å²) in [6, 6.07) is 36.4. The molecule has 0 amide bonds. The first kappa shape index (κ1) is 30.7. The highest BCUT2D eigenvalue weighted by Gasteiger charge is 2.42. The number of halogens is 2. The van der Waals surface area contributed by atoms with Crippen LogP contribution >= 0.6 is 0 Å². The van der Waals surface area contributed by atoms with E-state index >= 15 is 8.78 Å². The Balaban J connectivity index is 0.928. The molecule has 6 heteroatoms. The van der Waals surface area contributed by atoms with E-state index in [2.05, 4.69) is 64.4 Å². The van der Waals surface area contributed by atoms with Crippen LogP contribution in [0.15, 0.2) is 109 Å². The molecule has 248 valence electrons. The summed E-state index contributed by atoms with van der Waals surface area (Å²) in [6.07, 6.45) is -1.96. The van der Waals surface area contributed by atoms with Gasteiger partial charge in [-0.3, -0.25) is 9.80 Å². The van der Waals surface area contributed by atoms with Crippen LogP contribution in [-0.2, 0) is 0 Å². The fraction of sp³-hybridized carbons (Fsp3) is 0.302. The molecule has 0 spiro atoms. The van der Waals surface area contributed by atoms with Crippen LogP contribution in [0.1, 0.15) is 65.0 Å². The third kappa shape index (κ3) is 5.38. The number of rotatable bonds is 7. The molecule has 9 rings (SSSR count). The molecule has 1 saturated carbocycles. The number of ether oxygens (including phenoxy) is 1. The van der Waals surface area contributed by atoms with Crippen molar-refractivity contribution in [2.24, 2.45) is 0 Å². The van der Waals surface area contributed by atoms with Crippen LogP contribution in [0.2, 0.25) is 0 Å². The molecule has 4 nitrogen and oxygen atoms in total. The molecule has 0 aromatic heterocycles. The number of alkyl halides is 2. The number of hydrogen-bond donors (Lipinski definition) is 1. The van der Waals surface area contributed by atoms with Gasteiger partial charge in [-0.2, -0.15) is 0 Å². The highest BCUT2D eigenvalue weighted by Crippen LogP contribution is 2.53. The van der Waals surface area contributed by atoms with Gasteiger partial charge in [0.25, 0.3) is 0 Å². The summed E-state index contributed by atoms with van der Waals surface area (Å²) in [5.41, 5.74) is 3.79. The molecule has 2 fully saturated rings. The number of fused-ring (bicyclic) bond motifs is 8. The Morgan fingerprint density at radius 3 is 1.86 bits per heavy atom. The maximum absolute atomic E-state index is 16.1. The Bertz CT molecular complexity index is 2130. The summed E-state index contributed by atoms with van der Waals surface area (Å²) >= 11 is 0. The molecule has 1 aliphatic heterocycles. The predicted molar refractivity (Wildman–Crippen MR) is 193 cm³/mol. The minimum atomic E-state index is -1.69. The number of hydrogen-bond acceptors (Lipinski definition) is 4. The zero-order valence-corrected chi connectivity index (χ0v) is 27.4. The van der Waals surface area contributed by atoms with E-state index in [1.165, 1.54) is 16.2 Å². The molecule has 2 aliphatic carbocycles. The molecule has 49 heavy (non-hydrogen) atoms. The molecule has 0 bridgehead atoms. The number of piperazine rings is 1. The number of β-amino-alcohol motifs (C(OH)–C–C–N with tert-alkyl or cyclic N) is 1. The fourth-order valence-electron chi connectivity index (χ4n) is 8.57. The van der Waals surface area contributed by atoms with Crippen molar-refractivity contribution in [1.29, 1.82) is 0 Å². The van der Waals surface area contributed by atoms with Crippen LogP contribution in [0.25, 0.3) is 32.3 Å². The van der Waals surface area contributed by atoms with Crippen molar-refractivity contribution < 1.29 is 18.6 Å². The van der Waals surface area contributed by atoms with E-state index in [-0.39, 0.29) is 12.6 Å². The van der Waals surface area contributed by atoms with Crippen molar-refractivity contribution >= 4 is 32.3 Å². The zero-order valence-electron chi connectivity index (χ0n) is 27.4. The quantitative estimate of drug-likeness (QED) is 0.174. The maximum atomic E-state index is 16.1. The van der Waals surface area contributed by atoms with Gasteiger partial charge >= 0.3 is 0 Å². The Morgan fingerprint density at radius 2 is 1.16 bits per heavy atom. The summed E-state index contributed by atoms with van der Waals surface area (Å²) < 4.78 is 38.4. The van der Waals surface area contributed by atoms with E-state index < -0.39 is 18.4 Å². The highest BCUT2D eigenvalue weighted by molar-refractivity contribution is 6.26. The Labute approximate surface area is 285 Å². The zero-order chi connectivity index (χ0) is 33.1. The molecule has 1 saturated heterocycles. The highest BCUT2D eigenvalue weighted by atomic mass is 19.2. The van der Waals surface area contributed by atoms with Crippen molar-refractivity contribution in [3.05, 3.63) is 137 Å². The minimum absolute atomic E-state index is 0.184. The first-order valence-corrected chi connectivity index (χ1v) is 17.7. The van der Waals surface area contributed by atoms with Gasteiger partial charge in [0, 0.05) is 38.1 Å². The molecule has 1 N–H and O–H groups in total. The first-order chi connectivity index (χ1) is 24.1. The van der Waals surface area contributed by atoms with E-state index in [1.807, 2.05) is 48.5 Å². The standard InChI is InChI=1S/C43H40F2N2O2/c44-41-35-13-5-6-14-36(35)43(37-17-7-15-29(27-19-20-27)40(37)42(41)45)47-23-21-46(22-24-47)25-28(48)26-49-38-18-8-16-34-32-10-2-1-9-30(32)31-11-3-4-12-33(31)39(34)38/h1-18,27-28,41-43,48H,19-26H2/t28-,41?,42?,43?/m1/s1. The predicted octanol–water partition coefficient (Wildman–Crippen LogP) is 9.21. The van der Waals surface area contributed by atoms with Crippen molar-refractivity contribution in [2.75, 3.05) is 39.3 Å².